The van der Waals surface area contributed by atoms with Gasteiger partial charge >= 0.3 is 0 Å². The summed E-state index contributed by atoms with van der Waals surface area (Å²) in [5.41, 5.74) is 6.29. The van der Waals surface area contributed by atoms with Crippen molar-refractivity contribution in [3.63, 3.8) is 0 Å². The van der Waals surface area contributed by atoms with Gasteiger partial charge in [-0.25, -0.2) is 4.98 Å². The van der Waals surface area contributed by atoms with Crippen LogP contribution in [0.5, 0.6) is 0 Å². The van der Waals surface area contributed by atoms with E-state index in [-0.39, 0.29) is 11.9 Å². The van der Waals surface area contributed by atoms with Gasteiger partial charge in [-0.15, -0.1) is 11.3 Å². The van der Waals surface area contributed by atoms with Crippen LogP contribution in [0.3, 0.4) is 0 Å². The number of hydrogen-bond acceptors (Lipinski definition) is 6. The highest BCUT2D eigenvalue weighted by Gasteiger charge is 2.31. The second-order valence-electron chi connectivity index (χ2n) is 5.19. The third kappa shape index (κ3) is 2.43. The summed E-state index contributed by atoms with van der Waals surface area (Å²) in [7, 11) is 0. The fourth-order valence-corrected chi connectivity index (χ4v) is 3.31. The van der Waals surface area contributed by atoms with Crippen molar-refractivity contribution in [2.75, 3.05) is 26.2 Å². The highest BCUT2D eigenvalue weighted by Crippen LogP contribution is 2.20. The first-order valence-corrected chi connectivity index (χ1v) is 7.87. The molecule has 1 fully saturated rings. The molecule has 1 aromatic rings. The molecule has 2 aliphatic heterocycles. The van der Waals surface area contributed by atoms with E-state index in [1.54, 1.807) is 10.3 Å². The van der Waals surface area contributed by atoms with Crippen LogP contribution in [0.4, 0.5) is 0 Å². The maximum absolute atomic E-state index is 12.6. The molecule has 0 saturated carbocycles. The smallest absolute Gasteiger partial charge is 0.280 e. The van der Waals surface area contributed by atoms with Crippen molar-refractivity contribution in [2.45, 2.75) is 25.8 Å². The predicted octanol–water partition coefficient (Wildman–Crippen LogP) is 1.07. The number of carbonyl (C=O) groups is 1. The third-order valence-corrected chi connectivity index (χ3v) is 4.59. The fourth-order valence-electron chi connectivity index (χ4n) is 2.55. The van der Waals surface area contributed by atoms with Gasteiger partial charge in [0.15, 0.2) is 0 Å². The number of nitrogens with zero attached hydrogens (tertiary/aromatic N) is 4. The minimum Gasteiger partial charge on any atom is -0.342 e. The molecular weight excluding hydrogens is 274 g/mol. The SMILES string of the molecule is CC(N)c1nc(C(=O)N2CCCN3CCCN=C32)cs1. The summed E-state index contributed by atoms with van der Waals surface area (Å²) in [6.07, 6.45) is 2.05. The summed E-state index contributed by atoms with van der Waals surface area (Å²) in [5.74, 6) is 0.765. The molecule has 0 radical (unpaired) electrons. The van der Waals surface area contributed by atoms with Crippen molar-refractivity contribution < 1.29 is 4.79 Å². The topological polar surface area (TPSA) is 74.8 Å². The fraction of sp³-hybridized carbons (Fsp3) is 0.615. The van der Waals surface area contributed by atoms with Crippen LogP contribution >= 0.6 is 11.3 Å². The standard InChI is InChI=1S/C13H19N5OS/c1-9(14)11-16-10(8-20-11)12(19)18-7-3-6-17-5-2-4-15-13(17)18/h8-9H,2-7,14H2,1H3. The number of rotatable bonds is 2. The molecule has 0 aliphatic carbocycles. The van der Waals surface area contributed by atoms with E-state index in [9.17, 15) is 4.79 Å². The van der Waals surface area contributed by atoms with E-state index >= 15 is 0 Å². The number of aromatic nitrogens is 1. The zero-order chi connectivity index (χ0) is 14.1. The van der Waals surface area contributed by atoms with Gasteiger partial charge in [0.25, 0.3) is 5.91 Å². The first-order valence-electron chi connectivity index (χ1n) is 6.99. The summed E-state index contributed by atoms with van der Waals surface area (Å²) in [6.45, 7) is 5.38. The van der Waals surface area contributed by atoms with Crippen molar-refractivity contribution in [1.29, 1.82) is 0 Å². The molecule has 2 N–H and O–H groups in total. The molecule has 108 valence electrons. The van der Waals surface area contributed by atoms with Crippen molar-refractivity contribution in [3.8, 4) is 0 Å². The molecule has 0 aromatic carbocycles. The number of hydrogen-bond donors (Lipinski definition) is 1. The molecule has 2 aliphatic rings. The third-order valence-electron chi connectivity index (χ3n) is 3.55. The predicted molar refractivity (Wildman–Crippen MR) is 78.9 cm³/mol. The maximum atomic E-state index is 12.6. The van der Waals surface area contributed by atoms with Crippen molar-refractivity contribution >= 4 is 23.2 Å². The molecule has 20 heavy (non-hydrogen) atoms. The van der Waals surface area contributed by atoms with Crippen LogP contribution in [-0.2, 0) is 0 Å². The minimum absolute atomic E-state index is 0.0569. The highest BCUT2D eigenvalue weighted by molar-refractivity contribution is 7.09. The quantitative estimate of drug-likeness (QED) is 0.885. The molecule has 7 heteroatoms. The number of thiazole rings is 1. The Kier molecular flexibility index (Phi) is 3.71. The van der Waals surface area contributed by atoms with Gasteiger partial charge in [0.05, 0.1) is 6.04 Å². The summed E-state index contributed by atoms with van der Waals surface area (Å²) in [5, 5.41) is 2.59. The number of guanidine groups is 1. The monoisotopic (exact) mass is 293 g/mol. The molecule has 1 aromatic heterocycles. The van der Waals surface area contributed by atoms with Gasteiger partial charge in [-0.2, -0.15) is 0 Å². The largest absolute Gasteiger partial charge is 0.342 e. The number of fused-ring (bicyclic) bond motifs is 1. The van der Waals surface area contributed by atoms with E-state index < -0.39 is 0 Å². The molecule has 1 atom stereocenters. The zero-order valence-electron chi connectivity index (χ0n) is 11.6. The lowest BCUT2D eigenvalue weighted by atomic mass is 10.2. The van der Waals surface area contributed by atoms with Gasteiger partial charge in [0.2, 0.25) is 5.96 Å². The Balaban J connectivity index is 1.83. The Bertz CT molecular complexity index is 539. The van der Waals surface area contributed by atoms with Gasteiger partial charge in [0.1, 0.15) is 10.7 Å². The van der Waals surface area contributed by atoms with Gasteiger partial charge < -0.3 is 10.6 Å². The Morgan fingerprint density at radius 1 is 1.40 bits per heavy atom. The number of nitrogens with two attached hydrogens (primary N) is 1. The molecule has 3 heterocycles. The lowest BCUT2D eigenvalue weighted by Gasteiger charge is -2.39. The second kappa shape index (κ2) is 5.49. The van der Waals surface area contributed by atoms with Crippen molar-refractivity contribution in [2.24, 2.45) is 10.7 Å². The molecule has 3 rings (SSSR count). The molecule has 1 unspecified atom stereocenters. The molecule has 1 saturated heterocycles. The van der Waals surface area contributed by atoms with Gasteiger partial charge in [-0.3, -0.25) is 14.7 Å². The second-order valence-corrected chi connectivity index (χ2v) is 6.08. The lowest BCUT2D eigenvalue weighted by Crippen LogP contribution is -2.54. The summed E-state index contributed by atoms with van der Waals surface area (Å²) in [4.78, 5) is 25.4. The summed E-state index contributed by atoms with van der Waals surface area (Å²) < 4.78 is 0. The van der Waals surface area contributed by atoms with E-state index in [0.717, 1.165) is 50.0 Å². The molecule has 1 amide bonds. The normalized spacial score (nSPS) is 20.4. The lowest BCUT2D eigenvalue weighted by molar-refractivity contribution is 0.0795. The van der Waals surface area contributed by atoms with E-state index in [1.165, 1.54) is 11.3 Å². The van der Waals surface area contributed by atoms with Crippen molar-refractivity contribution in [1.82, 2.24) is 14.8 Å². The number of aliphatic imine (C=N–C) groups is 1. The van der Waals surface area contributed by atoms with Crippen LogP contribution in [-0.4, -0.2) is 52.8 Å². The van der Waals surface area contributed by atoms with Crippen LogP contribution in [0, 0.1) is 0 Å². The average molecular weight is 293 g/mol. The van der Waals surface area contributed by atoms with Gasteiger partial charge in [0, 0.05) is 31.6 Å². The van der Waals surface area contributed by atoms with Crippen LogP contribution in [0.2, 0.25) is 0 Å². The van der Waals surface area contributed by atoms with E-state index in [0.29, 0.717) is 5.69 Å². The van der Waals surface area contributed by atoms with Crippen LogP contribution < -0.4 is 5.73 Å². The highest BCUT2D eigenvalue weighted by atomic mass is 32.1. The first kappa shape index (κ1) is 13.5. The molecular formula is C13H19N5OS. The van der Waals surface area contributed by atoms with E-state index in [2.05, 4.69) is 14.9 Å². The van der Waals surface area contributed by atoms with Crippen LogP contribution in [0.1, 0.15) is 41.3 Å². The molecule has 0 bridgehead atoms. The Labute approximate surface area is 122 Å². The molecule has 6 nitrogen and oxygen atoms in total. The summed E-state index contributed by atoms with van der Waals surface area (Å²) >= 11 is 1.44. The van der Waals surface area contributed by atoms with Gasteiger partial charge in [-0.1, -0.05) is 0 Å². The Morgan fingerprint density at radius 3 is 2.95 bits per heavy atom. The number of amides is 1. The summed E-state index contributed by atoms with van der Waals surface area (Å²) in [6, 6.07) is -0.133. The Hall–Kier alpha value is -1.47. The van der Waals surface area contributed by atoms with Crippen LogP contribution in [0.15, 0.2) is 10.4 Å². The van der Waals surface area contributed by atoms with Crippen LogP contribution in [0.25, 0.3) is 0 Å². The molecule has 0 spiro atoms. The zero-order valence-corrected chi connectivity index (χ0v) is 12.4. The minimum atomic E-state index is -0.133. The maximum Gasteiger partial charge on any atom is 0.280 e. The average Bonchev–Trinajstić information content (AvgIpc) is 2.96. The van der Waals surface area contributed by atoms with Gasteiger partial charge in [-0.05, 0) is 19.8 Å². The first-order chi connectivity index (χ1) is 9.66. The number of carbonyl (C=O) groups excluding carboxylic acids is 1. The Morgan fingerprint density at radius 2 is 2.20 bits per heavy atom. The van der Waals surface area contributed by atoms with Crippen molar-refractivity contribution in [3.05, 3.63) is 16.1 Å². The van der Waals surface area contributed by atoms with E-state index in [4.69, 9.17) is 5.73 Å². The van der Waals surface area contributed by atoms with E-state index in [1.807, 2.05) is 6.92 Å².